The van der Waals surface area contributed by atoms with E-state index in [0.717, 1.165) is 10.5 Å². The van der Waals surface area contributed by atoms with E-state index in [4.69, 9.17) is 0 Å². The lowest BCUT2D eigenvalue weighted by Gasteiger charge is -2.34. The fourth-order valence-electron chi connectivity index (χ4n) is 2.68. The number of aliphatic hydroxyl groups excluding tert-OH is 1. The van der Waals surface area contributed by atoms with Crippen molar-refractivity contribution in [2.24, 2.45) is 5.92 Å². The maximum Gasteiger partial charge on any atom is 0.414 e. The number of thioether (sulfide) groups is 1. The molecule has 0 aromatic heterocycles. The van der Waals surface area contributed by atoms with Gasteiger partial charge < -0.3 is 10.0 Å². The molecular weight excluding hydrogens is 327 g/mol. The van der Waals surface area contributed by atoms with Gasteiger partial charge in [0.1, 0.15) is 0 Å². The second-order valence-corrected chi connectivity index (χ2v) is 6.78. The fraction of sp³-hybridized carbons (Fsp3) is 0.562. The smallest absolute Gasteiger partial charge is 0.383 e. The summed E-state index contributed by atoms with van der Waals surface area (Å²) in [7, 11) is 0. The van der Waals surface area contributed by atoms with Crippen molar-refractivity contribution in [1.82, 2.24) is 4.90 Å². The van der Waals surface area contributed by atoms with Gasteiger partial charge in [-0.25, -0.2) is 0 Å². The summed E-state index contributed by atoms with van der Waals surface area (Å²) in [6.07, 6.45) is -6.51. The van der Waals surface area contributed by atoms with Crippen LogP contribution in [0.5, 0.6) is 0 Å². The molecule has 0 aliphatic carbocycles. The number of hydrogen-bond donors (Lipinski definition) is 1. The molecule has 0 radical (unpaired) electrons. The number of carbonyl (C=O) groups excluding carboxylic acids is 1. The first-order valence-corrected chi connectivity index (χ1v) is 8.48. The van der Waals surface area contributed by atoms with E-state index in [0.29, 0.717) is 0 Å². The van der Waals surface area contributed by atoms with Crippen LogP contribution in [0.2, 0.25) is 0 Å². The first-order valence-electron chi connectivity index (χ1n) is 7.50. The maximum absolute atomic E-state index is 12.5. The van der Waals surface area contributed by atoms with Gasteiger partial charge in [-0.15, -0.1) is 11.8 Å². The van der Waals surface area contributed by atoms with Crippen molar-refractivity contribution in [2.45, 2.75) is 36.9 Å². The molecule has 7 heteroatoms. The van der Waals surface area contributed by atoms with Crippen molar-refractivity contribution in [3.63, 3.8) is 0 Å². The summed E-state index contributed by atoms with van der Waals surface area (Å²) in [4.78, 5) is 14.8. The molecule has 0 saturated carbocycles. The van der Waals surface area contributed by atoms with Gasteiger partial charge in [0, 0.05) is 18.0 Å². The van der Waals surface area contributed by atoms with Gasteiger partial charge in [0.2, 0.25) is 5.91 Å². The Labute approximate surface area is 137 Å². The molecule has 1 saturated heterocycles. The summed E-state index contributed by atoms with van der Waals surface area (Å²) in [6, 6.07) is 7.75. The van der Waals surface area contributed by atoms with E-state index in [2.05, 4.69) is 0 Å². The van der Waals surface area contributed by atoms with Crippen LogP contribution >= 0.6 is 11.8 Å². The van der Waals surface area contributed by atoms with Gasteiger partial charge in [0.25, 0.3) is 0 Å². The number of nitrogens with zero attached hydrogens (tertiary/aromatic N) is 1. The number of likely N-dealkylation sites (tertiary alicyclic amines) is 1. The first-order chi connectivity index (χ1) is 10.8. The van der Waals surface area contributed by atoms with Crippen molar-refractivity contribution >= 4 is 17.7 Å². The summed E-state index contributed by atoms with van der Waals surface area (Å²) < 4.78 is 37.5. The van der Waals surface area contributed by atoms with Crippen molar-refractivity contribution in [2.75, 3.05) is 18.8 Å². The monoisotopic (exact) mass is 347 g/mol. The third kappa shape index (κ3) is 4.88. The van der Waals surface area contributed by atoms with Crippen LogP contribution in [-0.4, -0.2) is 47.0 Å². The predicted octanol–water partition coefficient (Wildman–Crippen LogP) is 3.25. The zero-order chi connectivity index (χ0) is 17.0. The van der Waals surface area contributed by atoms with Gasteiger partial charge in [0.05, 0.1) is 5.75 Å². The molecule has 1 fully saturated rings. The molecule has 2 rings (SSSR count). The molecular formula is C16H20F3NO2S. The number of halogens is 3. The molecule has 3 nitrogen and oxygen atoms in total. The number of hydrogen-bond acceptors (Lipinski definition) is 3. The zero-order valence-electron chi connectivity index (χ0n) is 12.8. The highest BCUT2D eigenvalue weighted by atomic mass is 32.2. The normalized spacial score (nSPS) is 18.0. The van der Waals surface area contributed by atoms with Gasteiger partial charge in [-0.1, -0.05) is 18.2 Å². The minimum Gasteiger partial charge on any atom is -0.383 e. The Morgan fingerprint density at radius 1 is 1.35 bits per heavy atom. The summed E-state index contributed by atoms with van der Waals surface area (Å²) >= 11 is 1.44. The van der Waals surface area contributed by atoms with Gasteiger partial charge in [-0.3, -0.25) is 4.79 Å². The van der Waals surface area contributed by atoms with E-state index in [1.165, 1.54) is 11.8 Å². The lowest BCUT2D eigenvalue weighted by molar-refractivity contribution is -0.222. The SMILES string of the molecule is Cc1ccccc1SCC(=O)N1CCC(C(O)C(F)(F)F)CC1. The fourth-order valence-corrected chi connectivity index (χ4v) is 3.61. The average Bonchev–Trinajstić information content (AvgIpc) is 2.52. The third-order valence-corrected chi connectivity index (χ3v) is 5.28. The Hall–Kier alpha value is -1.21. The number of alkyl halides is 3. The molecule has 1 heterocycles. The van der Waals surface area contributed by atoms with Crippen LogP contribution in [0.1, 0.15) is 18.4 Å². The van der Waals surface area contributed by atoms with Crippen molar-refractivity contribution in [1.29, 1.82) is 0 Å². The Bertz CT molecular complexity index is 542. The average molecular weight is 347 g/mol. The number of carbonyl (C=O) groups is 1. The molecule has 1 aliphatic rings. The highest BCUT2D eigenvalue weighted by molar-refractivity contribution is 8.00. The Kier molecular flexibility index (Phi) is 5.97. The van der Waals surface area contributed by atoms with E-state index >= 15 is 0 Å². The van der Waals surface area contributed by atoms with Gasteiger partial charge in [0.15, 0.2) is 6.10 Å². The Balaban J connectivity index is 1.81. The van der Waals surface area contributed by atoms with Crippen LogP contribution in [-0.2, 0) is 4.79 Å². The van der Waals surface area contributed by atoms with Gasteiger partial charge in [-0.05, 0) is 37.3 Å². The molecule has 1 aromatic rings. The second kappa shape index (κ2) is 7.57. The molecule has 1 aromatic carbocycles. The van der Waals surface area contributed by atoms with Crippen LogP contribution in [0, 0.1) is 12.8 Å². The largest absolute Gasteiger partial charge is 0.414 e. The minimum absolute atomic E-state index is 0.0711. The topological polar surface area (TPSA) is 40.5 Å². The summed E-state index contributed by atoms with van der Waals surface area (Å²) in [6.45, 7) is 2.51. The van der Waals surface area contributed by atoms with Gasteiger partial charge >= 0.3 is 6.18 Å². The molecule has 0 spiro atoms. The first kappa shape index (κ1) is 18.1. The third-order valence-electron chi connectivity index (χ3n) is 4.12. The molecule has 23 heavy (non-hydrogen) atoms. The summed E-state index contributed by atoms with van der Waals surface area (Å²) in [5.41, 5.74) is 1.09. The Morgan fingerprint density at radius 3 is 2.52 bits per heavy atom. The van der Waals surface area contributed by atoms with Crippen molar-refractivity contribution in [3.05, 3.63) is 29.8 Å². The van der Waals surface area contributed by atoms with E-state index in [-0.39, 0.29) is 37.6 Å². The van der Waals surface area contributed by atoms with E-state index < -0.39 is 18.2 Å². The molecule has 1 amide bonds. The number of rotatable bonds is 4. The predicted molar refractivity (Wildman–Crippen MR) is 83.3 cm³/mol. The standard InChI is InChI=1S/C16H20F3NO2S/c1-11-4-2-3-5-13(11)23-10-14(21)20-8-6-12(7-9-20)15(22)16(17,18)19/h2-5,12,15,22H,6-10H2,1H3. The maximum atomic E-state index is 12.5. The number of benzene rings is 1. The summed E-state index contributed by atoms with van der Waals surface area (Å²) in [5, 5.41) is 9.29. The lowest BCUT2D eigenvalue weighted by atomic mass is 9.91. The Morgan fingerprint density at radius 2 is 1.96 bits per heavy atom. The van der Waals surface area contributed by atoms with Crippen molar-refractivity contribution in [3.8, 4) is 0 Å². The molecule has 1 N–H and O–H groups in total. The zero-order valence-corrected chi connectivity index (χ0v) is 13.7. The van der Waals surface area contributed by atoms with E-state index in [1.807, 2.05) is 31.2 Å². The highest BCUT2D eigenvalue weighted by Crippen LogP contribution is 2.32. The molecule has 0 bridgehead atoms. The van der Waals surface area contributed by atoms with Crippen molar-refractivity contribution < 1.29 is 23.1 Å². The molecule has 1 atom stereocenters. The number of amides is 1. The van der Waals surface area contributed by atoms with E-state index in [1.54, 1.807) is 4.90 Å². The van der Waals surface area contributed by atoms with Crippen LogP contribution in [0.25, 0.3) is 0 Å². The van der Waals surface area contributed by atoms with E-state index in [9.17, 15) is 23.1 Å². The second-order valence-electron chi connectivity index (χ2n) is 5.76. The van der Waals surface area contributed by atoms with Crippen LogP contribution in [0.15, 0.2) is 29.2 Å². The van der Waals surface area contributed by atoms with Crippen LogP contribution in [0.3, 0.4) is 0 Å². The molecule has 1 aliphatic heterocycles. The van der Waals surface area contributed by atoms with Gasteiger partial charge in [-0.2, -0.15) is 13.2 Å². The number of aliphatic hydroxyl groups is 1. The lowest BCUT2D eigenvalue weighted by Crippen LogP contribution is -2.45. The quantitative estimate of drug-likeness (QED) is 0.850. The molecule has 128 valence electrons. The van der Waals surface area contributed by atoms with Crippen LogP contribution < -0.4 is 0 Å². The molecule has 1 unspecified atom stereocenters. The highest BCUT2D eigenvalue weighted by Gasteiger charge is 2.44. The number of piperidine rings is 1. The summed E-state index contributed by atoms with van der Waals surface area (Å²) in [5.74, 6) is -0.613. The number of aryl methyl sites for hydroxylation is 1. The van der Waals surface area contributed by atoms with Crippen LogP contribution in [0.4, 0.5) is 13.2 Å². The minimum atomic E-state index is -4.59.